The van der Waals surface area contributed by atoms with Gasteiger partial charge in [0.05, 0.1) is 7.11 Å². The number of anilines is 1. The molecule has 0 aliphatic heterocycles. The van der Waals surface area contributed by atoms with Crippen LogP contribution in [-0.2, 0) is 19.3 Å². The number of aromatic nitrogens is 1. The van der Waals surface area contributed by atoms with Gasteiger partial charge in [0.25, 0.3) is 0 Å². The summed E-state index contributed by atoms with van der Waals surface area (Å²) < 4.78 is 12.2. The minimum absolute atomic E-state index is 0.0740. The fourth-order valence-corrected chi connectivity index (χ4v) is 5.10. The monoisotopic (exact) mass is 507 g/mol. The number of hydrogen-bond acceptors (Lipinski definition) is 4. The van der Waals surface area contributed by atoms with Gasteiger partial charge in [-0.15, -0.1) is 0 Å². The lowest BCUT2D eigenvalue weighted by molar-refractivity contribution is 0.204. The van der Waals surface area contributed by atoms with Gasteiger partial charge in [0.15, 0.2) is 11.5 Å². The zero-order chi connectivity index (χ0) is 26.3. The second-order valence-corrected chi connectivity index (χ2v) is 9.55. The number of hydrogen-bond donors (Lipinski definition) is 2. The van der Waals surface area contributed by atoms with Gasteiger partial charge in [0.2, 0.25) is 0 Å². The maximum Gasteiger partial charge on any atom is 0.319 e. The van der Waals surface area contributed by atoms with Crippen LogP contribution >= 0.6 is 0 Å². The van der Waals surface area contributed by atoms with E-state index in [2.05, 4.69) is 76.3 Å². The number of carbonyl (C=O) groups excluding carboxylic acids is 1. The minimum Gasteiger partial charge on any atom is -0.493 e. The predicted molar refractivity (Wildman–Crippen MR) is 150 cm³/mol. The number of methoxy groups -OCH3 is 1. The Bertz CT molecular complexity index is 1350. The number of rotatable bonds is 9. The van der Waals surface area contributed by atoms with Crippen molar-refractivity contribution in [1.29, 1.82) is 0 Å². The third kappa shape index (κ3) is 5.97. The van der Waals surface area contributed by atoms with Gasteiger partial charge >= 0.3 is 6.03 Å². The van der Waals surface area contributed by atoms with Crippen LogP contribution in [0.25, 0.3) is 0 Å². The number of urea groups is 1. The quantitative estimate of drug-likeness (QED) is 0.285. The summed E-state index contributed by atoms with van der Waals surface area (Å²) in [5.41, 5.74) is 6.93. The standard InChI is InChI=1S/C32H33N3O3/c1-3-34-32(36)35-27-11-8-23(9-12-27)29(18-22-14-16-33-17-15-22)26-10-13-30(37-2)31(21-26)38-28-19-24-6-4-5-7-25(24)20-28/h4-17,21,28-29H,3,18-20H2,1-2H3,(H2,34,35,36)/t29-/m1/s1. The van der Waals surface area contributed by atoms with E-state index in [1.165, 1.54) is 16.7 Å². The SMILES string of the molecule is CCNC(=O)Nc1ccc([C@@H](Cc2ccncc2)c2ccc(OC)c(OC3Cc4ccccc4C3)c2)cc1. The summed E-state index contributed by atoms with van der Waals surface area (Å²) in [4.78, 5) is 16.1. The van der Waals surface area contributed by atoms with Gasteiger partial charge in [-0.25, -0.2) is 4.79 Å². The molecular formula is C32H33N3O3. The molecule has 5 rings (SSSR count). The van der Waals surface area contributed by atoms with Crippen LogP contribution < -0.4 is 20.1 Å². The lowest BCUT2D eigenvalue weighted by Crippen LogP contribution is -2.28. The van der Waals surface area contributed by atoms with Crippen LogP contribution in [0.3, 0.4) is 0 Å². The maximum atomic E-state index is 12.0. The fourth-order valence-electron chi connectivity index (χ4n) is 5.10. The largest absolute Gasteiger partial charge is 0.493 e. The molecule has 0 radical (unpaired) electrons. The smallest absolute Gasteiger partial charge is 0.319 e. The summed E-state index contributed by atoms with van der Waals surface area (Å²) in [6.45, 7) is 2.47. The molecular weight excluding hydrogens is 474 g/mol. The fraction of sp³-hybridized carbons (Fsp3) is 0.250. The number of benzene rings is 3. The van der Waals surface area contributed by atoms with E-state index in [4.69, 9.17) is 9.47 Å². The second-order valence-electron chi connectivity index (χ2n) is 9.55. The topological polar surface area (TPSA) is 72.5 Å². The van der Waals surface area contributed by atoms with E-state index < -0.39 is 0 Å². The van der Waals surface area contributed by atoms with Crippen LogP contribution in [0.4, 0.5) is 10.5 Å². The molecule has 1 atom stereocenters. The Labute approximate surface area is 224 Å². The van der Waals surface area contributed by atoms with E-state index >= 15 is 0 Å². The van der Waals surface area contributed by atoms with Crippen molar-refractivity contribution in [1.82, 2.24) is 10.3 Å². The van der Waals surface area contributed by atoms with Crippen molar-refractivity contribution >= 4 is 11.7 Å². The molecule has 4 aromatic rings. The van der Waals surface area contributed by atoms with Crippen molar-refractivity contribution in [3.05, 3.63) is 119 Å². The van der Waals surface area contributed by atoms with Crippen LogP contribution in [0.1, 0.15) is 40.7 Å². The Morgan fingerprint density at radius 3 is 2.26 bits per heavy atom. The van der Waals surface area contributed by atoms with Crippen LogP contribution in [0.2, 0.25) is 0 Å². The third-order valence-corrected chi connectivity index (χ3v) is 6.99. The highest BCUT2D eigenvalue weighted by molar-refractivity contribution is 5.89. The Morgan fingerprint density at radius 2 is 1.61 bits per heavy atom. The summed E-state index contributed by atoms with van der Waals surface area (Å²) in [7, 11) is 1.68. The molecule has 38 heavy (non-hydrogen) atoms. The number of fused-ring (bicyclic) bond motifs is 1. The van der Waals surface area contributed by atoms with Gasteiger partial charge < -0.3 is 20.1 Å². The summed E-state index contributed by atoms with van der Waals surface area (Å²) in [5, 5.41) is 5.64. The highest BCUT2D eigenvalue weighted by Crippen LogP contribution is 2.37. The van der Waals surface area contributed by atoms with E-state index in [0.717, 1.165) is 47.6 Å². The molecule has 6 nitrogen and oxygen atoms in total. The zero-order valence-electron chi connectivity index (χ0n) is 21.8. The van der Waals surface area contributed by atoms with Crippen molar-refractivity contribution in [3.8, 4) is 11.5 Å². The first-order valence-electron chi connectivity index (χ1n) is 13.1. The number of nitrogens with zero attached hydrogens (tertiary/aromatic N) is 1. The second kappa shape index (κ2) is 11.8. The number of carbonyl (C=O) groups is 1. The first-order valence-corrected chi connectivity index (χ1v) is 13.1. The molecule has 0 unspecified atom stereocenters. The molecule has 3 aromatic carbocycles. The molecule has 6 heteroatoms. The number of amides is 2. The summed E-state index contributed by atoms with van der Waals surface area (Å²) in [6, 6.07) is 26.7. The van der Waals surface area contributed by atoms with Crippen LogP contribution in [0, 0.1) is 0 Å². The van der Waals surface area contributed by atoms with Gasteiger partial charge in [-0.3, -0.25) is 4.98 Å². The maximum absolute atomic E-state index is 12.0. The van der Waals surface area contributed by atoms with E-state index in [9.17, 15) is 4.79 Å². The lowest BCUT2D eigenvalue weighted by atomic mass is 9.86. The van der Waals surface area contributed by atoms with Crippen molar-refractivity contribution in [3.63, 3.8) is 0 Å². The normalized spacial score (nSPS) is 13.4. The van der Waals surface area contributed by atoms with Gasteiger partial charge in [0.1, 0.15) is 6.10 Å². The zero-order valence-corrected chi connectivity index (χ0v) is 21.8. The van der Waals surface area contributed by atoms with Gasteiger partial charge in [-0.05, 0) is 77.6 Å². The molecule has 0 spiro atoms. The molecule has 1 aromatic heterocycles. The van der Waals surface area contributed by atoms with Gasteiger partial charge in [-0.1, -0.05) is 42.5 Å². The summed E-state index contributed by atoms with van der Waals surface area (Å²) in [6.07, 6.45) is 6.31. The minimum atomic E-state index is -0.209. The predicted octanol–water partition coefficient (Wildman–Crippen LogP) is 6.15. The van der Waals surface area contributed by atoms with E-state index in [-0.39, 0.29) is 18.1 Å². The molecule has 1 aliphatic carbocycles. The summed E-state index contributed by atoms with van der Waals surface area (Å²) in [5.74, 6) is 1.57. The van der Waals surface area contributed by atoms with E-state index in [1.807, 2.05) is 37.5 Å². The van der Waals surface area contributed by atoms with Crippen molar-refractivity contribution in [2.24, 2.45) is 0 Å². The summed E-state index contributed by atoms with van der Waals surface area (Å²) >= 11 is 0. The van der Waals surface area contributed by atoms with E-state index in [0.29, 0.717) is 6.54 Å². The highest BCUT2D eigenvalue weighted by atomic mass is 16.5. The number of pyridine rings is 1. The molecule has 2 N–H and O–H groups in total. The Balaban J connectivity index is 1.43. The number of ether oxygens (including phenoxy) is 2. The van der Waals surface area contributed by atoms with Crippen molar-refractivity contribution < 1.29 is 14.3 Å². The van der Waals surface area contributed by atoms with Crippen LogP contribution in [0.15, 0.2) is 91.3 Å². The molecule has 1 aliphatic rings. The lowest BCUT2D eigenvalue weighted by Gasteiger charge is -2.22. The highest BCUT2D eigenvalue weighted by Gasteiger charge is 2.25. The van der Waals surface area contributed by atoms with Gasteiger partial charge in [-0.2, -0.15) is 0 Å². The first kappa shape index (κ1) is 25.3. The average molecular weight is 508 g/mol. The Hall–Kier alpha value is -4.32. The first-order chi connectivity index (χ1) is 18.6. The third-order valence-electron chi connectivity index (χ3n) is 6.99. The number of nitrogens with one attached hydrogen (secondary N) is 2. The van der Waals surface area contributed by atoms with Crippen LogP contribution in [-0.4, -0.2) is 30.8 Å². The molecule has 194 valence electrons. The van der Waals surface area contributed by atoms with Crippen molar-refractivity contribution in [2.75, 3.05) is 19.0 Å². The van der Waals surface area contributed by atoms with Crippen molar-refractivity contribution in [2.45, 2.75) is 38.2 Å². The Morgan fingerprint density at radius 1 is 0.921 bits per heavy atom. The van der Waals surface area contributed by atoms with E-state index in [1.54, 1.807) is 7.11 Å². The molecule has 0 saturated heterocycles. The molecule has 0 bridgehead atoms. The average Bonchev–Trinajstić information content (AvgIpc) is 3.35. The van der Waals surface area contributed by atoms with Crippen LogP contribution in [0.5, 0.6) is 11.5 Å². The molecule has 0 saturated carbocycles. The van der Waals surface area contributed by atoms with Gasteiger partial charge in [0, 0.05) is 43.4 Å². The molecule has 2 amide bonds. The Kier molecular flexibility index (Phi) is 7.88. The molecule has 1 heterocycles. The molecule has 0 fully saturated rings.